The molecule has 9 nitrogen and oxygen atoms in total. The van der Waals surface area contributed by atoms with Crippen LogP contribution in [0, 0.1) is 10.1 Å². The summed E-state index contributed by atoms with van der Waals surface area (Å²) in [7, 11) is -2.46. The number of carbonyl (C=O) groups is 1. The lowest BCUT2D eigenvalue weighted by molar-refractivity contribution is -0.384. The minimum atomic E-state index is -3.85. The number of sulfonamides is 1. The standard InChI is InChI=1S/C27H23N3O6S/c1-36-26-17-16-23(30(32)33)18-25(26)28-27(31)21-14-12-20(13-15-21)19-29(22-8-4-2-5-9-22)37(34,35)24-10-6-3-7-11-24/h2-18H,19H2,1H3,(H,28,31). The maximum atomic E-state index is 13.5. The van der Waals surface area contributed by atoms with Crippen molar-refractivity contribution in [3.05, 3.63) is 124 Å². The lowest BCUT2D eigenvalue weighted by Crippen LogP contribution is -2.30. The van der Waals surface area contributed by atoms with Gasteiger partial charge in [-0.1, -0.05) is 48.5 Å². The fourth-order valence-electron chi connectivity index (χ4n) is 3.66. The summed E-state index contributed by atoms with van der Waals surface area (Å²) in [5.74, 6) is -0.220. The van der Waals surface area contributed by atoms with Crippen LogP contribution in [0.2, 0.25) is 0 Å². The van der Waals surface area contributed by atoms with Crippen molar-refractivity contribution in [2.45, 2.75) is 11.4 Å². The van der Waals surface area contributed by atoms with Crippen molar-refractivity contribution in [2.75, 3.05) is 16.7 Å². The van der Waals surface area contributed by atoms with Gasteiger partial charge in [-0.05, 0) is 48.0 Å². The number of hydrogen-bond donors (Lipinski definition) is 1. The van der Waals surface area contributed by atoms with E-state index in [1.165, 1.54) is 29.6 Å². The van der Waals surface area contributed by atoms with Crippen LogP contribution in [0.25, 0.3) is 0 Å². The van der Waals surface area contributed by atoms with Crippen molar-refractivity contribution >= 4 is 33.0 Å². The second kappa shape index (κ2) is 10.9. The molecule has 0 unspecified atom stereocenters. The number of methoxy groups -OCH3 is 1. The number of non-ortho nitro benzene ring substituents is 1. The van der Waals surface area contributed by atoms with Crippen molar-refractivity contribution in [1.29, 1.82) is 0 Å². The van der Waals surface area contributed by atoms with Crippen LogP contribution in [0.5, 0.6) is 5.75 Å². The Morgan fingerprint density at radius 2 is 1.54 bits per heavy atom. The number of rotatable bonds is 9. The molecule has 0 aliphatic rings. The topological polar surface area (TPSA) is 119 Å². The normalized spacial score (nSPS) is 10.9. The van der Waals surface area contributed by atoms with Crippen molar-refractivity contribution in [3.63, 3.8) is 0 Å². The number of nitrogens with zero attached hydrogens (tertiary/aromatic N) is 2. The Kier molecular flexibility index (Phi) is 7.49. The monoisotopic (exact) mass is 517 g/mol. The Morgan fingerprint density at radius 1 is 0.919 bits per heavy atom. The molecule has 0 bridgehead atoms. The van der Waals surface area contributed by atoms with Gasteiger partial charge < -0.3 is 10.1 Å². The predicted molar refractivity (Wildman–Crippen MR) is 140 cm³/mol. The first-order valence-electron chi connectivity index (χ1n) is 11.1. The third-order valence-electron chi connectivity index (χ3n) is 5.56. The minimum absolute atomic E-state index is 0.0435. The smallest absolute Gasteiger partial charge is 0.271 e. The molecule has 0 aliphatic heterocycles. The molecule has 37 heavy (non-hydrogen) atoms. The van der Waals surface area contributed by atoms with Gasteiger partial charge >= 0.3 is 0 Å². The highest BCUT2D eigenvalue weighted by atomic mass is 32.2. The predicted octanol–water partition coefficient (Wildman–Crippen LogP) is 5.25. The number of ether oxygens (including phenoxy) is 1. The van der Waals surface area contributed by atoms with Gasteiger partial charge in [0.15, 0.2) is 0 Å². The zero-order valence-corrected chi connectivity index (χ0v) is 20.6. The molecule has 0 saturated heterocycles. The Bertz CT molecular complexity index is 1510. The van der Waals surface area contributed by atoms with Gasteiger partial charge in [0, 0.05) is 17.7 Å². The molecule has 188 valence electrons. The molecule has 4 aromatic rings. The fourth-order valence-corrected chi connectivity index (χ4v) is 5.13. The SMILES string of the molecule is COc1ccc([N+](=O)[O-])cc1NC(=O)c1ccc(CN(c2ccccc2)S(=O)(=O)c2ccccc2)cc1. The lowest BCUT2D eigenvalue weighted by Gasteiger charge is -2.25. The van der Waals surface area contributed by atoms with Gasteiger partial charge in [0.05, 0.1) is 34.8 Å². The summed E-state index contributed by atoms with van der Waals surface area (Å²) >= 11 is 0. The number of para-hydroxylation sites is 1. The first kappa shape index (κ1) is 25.4. The van der Waals surface area contributed by atoms with Crippen molar-refractivity contribution in [2.24, 2.45) is 0 Å². The van der Waals surface area contributed by atoms with Crippen LogP contribution in [0.15, 0.2) is 108 Å². The third kappa shape index (κ3) is 5.76. The molecule has 0 radical (unpaired) electrons. The molecule has 0 atom stereocenters. The highest BCUT2D eigenvalue weighted by Gasteiger charge is 2.25. The van der Waals surface area contributed by atoms with Crippen molar-refractivity contribution in [1.82, 2.24) is 0 Å². The molecular weight excluding hydrogens is 494 g/mol. The van der Waals surface area contributed by atoms with Gasteiger partial charge in [-0.2, -0.15) is 0 Å². The molecule has 0 aliphatic carbocycles. The molecule has 0 spiro atoms. The zero-order chi connectivity index (χ0) is 26.4. The molecule has 0 saturated carbocycles. The second-order valence-corrected chi connectivity index (χ2v) is 9.82. The van der Waals surface area contributed by atoms with E-state index in [-0.39, 0.29) is 34.1 Å². The minimum Gasteiger partial charge on any atom is -0.495 e. The van der Waals surface area contributed by atoms with Crippen LogP contribution in [-0.2, 0) is 16.6 Å². The number of nitro groups is 1. The number of amides is 1. The van der Waals surface area contributed by atoms with E-state index in [0.717, 1.165) is 0 Å². The first-order chi connectivity index (χ1) is 17.8. The van der Waals surface area contributed by atoms with Gasteiger partial charge in [-0.25, -0.2) is 8.42 Å². The van der Waals surface area contributed by atoms with Gasteiger partial charge in [0.2, 0.25) is 0 Å². The Morgan fingerprint density at radius 3 is 2.14 bits per heavy atom. The average Bonchev–Trinajstić information content (AvgIpc) is 2.92. The summed E-state index contributed by atoms with van der Waals surface area (Å²) in [6, 6.07) is 27.3. The lowest BCUT2D eigenvalue weighted by atomic mass is 10.1. The number of nitro benzene ring substituents is 1. The Balaban J connectivity index is 1.58. The summed E-state index contributed by atoms with van der Waals surface area (Å²) in [5.41, 5.74) is 1.43. The summed E-state index contributed by atoms with van der Waals surface area (Å²) in [6.45, 7) is 0.0435. The highest BCUT2D eigenvalue weighted by Crippen LogP contribution is 2.30. The molecule has 0 aromatic heterocycles. The zero-order valence-electron chi connectivity index (χ0n) is 19.8. The number of benzene rings is 4. The van der Waals surface area contributed by atoms with Gasteiger partial charge in [-0.3, -0.25) is 19.2 Å². The number of anilines is 2. The van der Waals surface area contributed by atoms with E-state index in [0.29, 0.717) is 11.3 Å². The number of carbonyl (C=O) groups excluding carboxylic acids is 1. The van der Waals surface area contributed by atoms with E-state index in [9.17, 15) is 23.3 Å². The largest absolute Gasteiger partial charge is 0.495 e. The second-order valence-electron chi connectivity index (χ2n) is 7.95. The number of hydrogen-bond acceptors (Lipinski definition) is 6. The van der Waals surface area contributed by atoms with Crippen LogP contribution < -0.4 is 14.4 Å². The summed E-state index contributed by atoms with van der Waals surface area (Å²) in [6.07, 6.45) is 0. The van der Waals surface area contributed by atoms with Crippen molar-refractivity contribution in [3.8, 4) is 5.75 Å². The van der Waals surface area contributed by atoms with Crippen LogP contribution >= 0.6 is 0 Å². The van der Waals surface area contributed by atoms with E-state index >= 15 is 0 Å². The molecule has 4 rings (SSSR count). The van der Waals surface area contributed by atoms with E-state index in [1.807, 2.05) is 0 Å². The first-order valence-corrected chi connectivity index (χ1v) is 12.6. The average molecular weight is 518 g/mol. The van der Waals surface area contributed by atoms with Crippen molar-refractivity contribution < 1.29 is 22.9 Å². The highest BCUT2D eigenvalue weighted by molar-refractivity contribution is 7.92. The summed E-state index contributed by atoms with van der Waals surface area (Å²) < 4.78 is 33.4. The van der Waals surface area contributed by atoms with Crippen LogP contribution in [-0.4, -0.2) is 26.4 Å². The number of nitrogens with one attached hydrogen (secondary N) is 1. The fraction of sp³-hybridized carbons (Fsp3) is 0.0741. The van der Waals surface area contributed by atoms with E-state index in [2.05, 4.69) is 5.32 Å². The van der Waals surface area contributed by atoms with E-state index in [1.54, 1.807) is 84.9 Å². The molecule has 10 heteroatoms. The van der Waals surface area contributed by atoms with Gasteiger partial charge in [-0.15, -0.1) is 0 Å². The molecule has 0 fully saturated rings. The molecule has 4 aromatic carbocycles. The summed E-state index contributed by atoms with van der Waals surface area (Å²) in [5, 5.41) is 13.7. The van der Waals surface area contributed by atoms with Gasteiger partial charge in [0.1, 0.15) is 5.75 Å². The molecule has 1 amide bonds. The van der Waals surface area contributed by atoms with E-state index < -0.39 is 20.9 Å². The van der Waals surface area contributed by atoms with Gasteiger partial charge in [0.25, 0.3) is 21.6 Å². The van der Waals surface area contributed by atoms with E-state index in [4.69, 9.17) is 4.74 Å². The third-order valence-corrected chi connectivity index (χ3v) is 7.35. The van der Waals surface area contributed by atoms with Crippen LogP contribution in [0.3, 0.4) is 0 Å². The Labute approximate surface area is 214 Å². The summed E-state index contributed by atoms with van der Waals surface area (Å²) in [4.78, 5) is 23.5. The maximum absolute atomic E-state index is 13.5. The maximum Gasteiger partial charge on any atom is 0.271 e. The van der Waals surface area contributed by atoms with Crippen LogP contribution in [0.1, 0.15) is 15.9 Å². The van der Waals surface area contributed by atoms with Crippen LogP contribution in [0.4, 0.5) is 17.1 Å². The Hall–Kier alpha value is -4.70. The molecule has 1 N–H and O–H groups in total. The molecular formula is C27H23N3O6S. The molecule has 0 heterocycles. The quantitative estimate of drug-likeness (QED) is 0.239.